The number of nitrogens with zero attached hydrogens (tertiary/aromatic N) is 2. The van der Waals surface area contributed by atoms with Crippen molar-refractivity contribution in [3.63, 3.8) is 0 Å². The second kappa shape index (κ2) is 12.1. The van der Waals surface area contributed by atoms with Crippen LogP contribution in [0.15, 0.2) is 54.7 Å². The van der Waals surface area contributed by atoms with E-state index in [4.69, 9.17) is 9.47 Å². The Bertz CT molecular complexity index is 1050. The number of carbonyl (C=O) groups excluding carboxylic acids is 2. The lowest BCUT2D eigenvalue weighted by Gasteiger charge is -2.27. The number of aromatic amines is 1. The van der Waals surface area contributed by atoms with Crippen molar-refractivity contribution in [1.29, 1.82) is 0 Å². The zero-order valence-electron chi connectivity index (χ0n) is 19.7. The van der Waals surface area contributed by atoms with Crippen LogP contribution < -0.4 is 4.74 Å². The molecule has 0 spiro atoms. The summed E-state index contributed by atoms with van der Waals surface area (Å²) in [4.78, 5) is 32.1. The van der Waals surface area contributed by atoms with Gasteiger partial charge in [-0.3, -0.25) is 9.59 Å². The molecule has 0 aliphatic heterocycles. The van der Waals surface area contributed by atoms with Crippen molar-refractivity contribution in [1.82, 2.24) is 14.8 Å². The molecule has 176 valence electrons. The lowest BCUT2D eigenvalue weighted by atomic mass is 10.1. The van der Waals surface area contributed by atoms with Crippen LogP contribution >= 0.6 is 0 Å². The van der Waals surface area contributed by atoms with Gasteiger partial charge in [-0.1, -0.05) is 30.3 Å². The minimum absolute atomic E-state index is 0.0586. The third kappa shape index (κ3) is 6.83. The van der Waals surface area contributed by atoms with Gasteiger partial charge in [-0.05, 0) is 42.2 Å². The van der Waals surface area contributed by atoms with Crippen molar-refractivity contribution in [3.8, 4) is 5.75 Å². The summed E-state index contributed by atoms with van der Waals surface area (Å²) < 4.78 is 10.3. The number of hydrogen-bond donors (Lipinski definition) is 1. The maximum Gasteiger partial charge on any atom is 0.242 e. The van der Waals surface area contributed by atoms with Gasteiger partial charge in [0, 0.05) is 57.4 Å². The van der Waals surface area contributed by atoms with E-state index < -0.39 is 0 Å². The number of benzene rings is 2. The highest BCUT2D eigenvalue weighted by molar-refractivity contribution is 5.84. The standard InChI is InChI=1S/C26H33N3O4/c1-20(30)28(14-6-16-32-2)19-26(31)29(18-21-9-11-23(33-3)12-10-21)15-13-22-17-27-25-8-5-4-7-24(22)25/h4-5,7-12,17,27H,6,13-16,18-19H2,1-3H3. The Balaban J connectivity index is 1.74. The highest BCUT2D eigenvalue weighted by Gasteiger charge is 2.20. The van der Waals surface area contributed by atoms with Crippen LogP contribution in [-0.4, -0.2) is 67.1 Å². The maximum absolute atomic E-state index is 13.3. The number of fused-ring (bicyclic) bond motifs is 1. The smallest absolute Gasteiger partial charge is 0.242 e. The molecule has 0 radical (unpaired) electrons. The molecule has 0 bridgehead atoms. The van der Waals surface area contributed by atoms with Gasteiger partial charge in [0.1, 0.15) is 5.75 Å². The van der Waals surface area contributed by atoms with Gasteiger partial charge in [0.15, 0.2) is 0 Å². The van der Waals surface area contributed by atoms with Crippen LogP contribution in [0.4, 0.5) is 0 Å². The Morgan fingerprint density at radius 3 is 2.42 bits per heavy atom. The van der Waals surface area contributed by atoms with Crippen LogP contribution in [-0.2, 0) is 27.3 Å². The molecule has 0 unspecified atom stereocenters. The Hall–Kier alpha value is -3.32. The third-order valence-electron chi connectivity index (χ3n) is 5.76. The fourth-order valence-electron chi connectivity index (χ4n) is 3.85. The first-order valence-corrected chi connectivity index (χ1v) is 11.2. The molecule has 3 aromatic rings. The molecule has 7 heteroatoms. The summed E-state index contributed by atoms with van der Waals surface area (Å²) in [6, 6.07) is 15.9. The molecular weight excluding hydrogens is 418 g/mol. The predicted molar refractivity (Wildman–Crippen MR) is 129 cm³/mol. The molecule has 1 N–H and O–H groups in total. The van der Waals surface area contributed by atoms with E-state index >= 15 is 0 Å². The van der Waals surface area contributed by atoms with Crippen molar-refractivity contribution < 1.29 is 19.1 Å². The molecular formula is C26H33N3O4. The number of hydrogen-bond acceptors (Lipinski definition) is 4. The number of carbonyl (C=O) groups is 2. The topological polar surface area (TPSA) is 74.9 Å². The van der Waals surface area contributed by atoms with E-state index in [1.54, 1.807) is 19.1 Å². The van der Waals surface area contributed by atoms with Gasteiger partial charge in [0.2, 0.25) is 11.8 Å². The number of methoxy groups -OCH3 is 2. The second-order valence-electron chi connectivity index (χ2n) is 8.06. The highest BCUT2D eigenvalue weighted by atomic mass is 16.5. The first-order valence-electron chi connectivity index (χ1n) is 11.2. The Kier molecular flexibility index (Phi) is 8.89. The molecule has 0 saturated carbocycles. The molecule has 0 saturated heterocycles. The number of para-hydroxylation sites is 1. The lowest BCUT2D eigenvalue weighted by molar-refractivity contribution is -0.140. The minimum Gasteiger partial charge on any atom is -0.497 e. The van der Waals surface area contributed by atoms with Crippen LogP contribution in [0.5, 0.6) is 5.75 Å². The average Bonchev–Trinajstić information content (AvgIpc) is 3.24. The summed E-state index contributed by atoms with van der Waals surface area (Å²) in [7, 11) is 3.26. The fourth-order valence-corrected chi connectivity index (χ4v) is 3.85. The number of ether oxygens (including phenoxy) is 2. The van der Waals surface area contributed by atoms with E-state index in [0.717, 1.165) is 23.3 Å². The summed E-state index contributed by atoms with van der Waals surface area (Å²) in [5, 5.41) is 1.17. The van der Waals surface area contributed by atoms with E-state index in [2.05, 4.69) is 11.1 Å². The van der Waals surface area contributed by atoms with Crippen molar-refractivity contribution in [2.24, 2.45) is 0 Å². The van der Waals surface area contributed by atoms with Crippen molar-refractivity contribution in [2.45, 2.75) is 26.3 Å². The van der Waals surface area contributed by atoms with Gasteiger partial charge in [0.05, 0.1) is 13.7 Å². The Morgan fingerprint density at radius 1 is 0.970 bits per heavy atom. The molecule has 0 aliphatic carbocycles. The summed E-state index contributed by atoms with van der Waals surface area (Å²) >= 11 is 0. The average molecular weight is 452 g/mol. The molecule has 3 rings (SSSR count). The van der Waals surface area contributed by atoms with Gasteiger partial charge in [-0.15, -0.1) is 0 Å². The molecule has 33 heavy (non-hydrogen) atoms. The van der Waals surface area contributed by atoms with Gasteiger partial charge < -0.3 is 24.3 Å². The minimum atomic E-state index is -0.111. The van der Waals surface area contributed by atoms with Gasteiger partial charge in [0.25, 0.3) is 0 Å². The lowest BCUT2D eigenvalue weighted by Crippen LogP contribution is -2.43. The zero-order chi connectivity index (χ0) is 23.6. The number of rotatable bonds is 12. The van der Waals surface area contributed by atoms with Crippen LogP contribution in [0.25, 0.3) is 10.9 Å². The molecule has 0 atom stereocenters. The maximum atomic E-state index is 13.3. The van der Waals surface area contributed by atoms with Crippen molar-refractivity contribution >= 4 is 22.7 Å². The van der Waals surface area contributed by atoms with Gasteiger partial charge in [-0.25, -0.2) is 0 Å². The molecule has 1 heterocycles. The van der Waals surface area contributed by atoms with Crippen molar-refractivity contribution in [3.05, 3.63) is 65.9 Å². The molecule has 0 fully saturated rings. The molecule has 7 nitrogen and oxygen atoms in total. The molecule has 1 aromatic heterocycles. The summed E-state index contributed by atoms with van der Waals surface area (Å²) in [6.45, 7) is 3.62. The summed E-state index contributed by atoms with van der Waals surface area (Å²) in [5.41, 5.74) is 3.26. The highest BCUT2D eigenvalue weighted by Crippen LogP contribution is 2.19. The SMILES string of the molecule is COCCCN(CC(=O)N(CCc1c[nH]c2ccccc12)Cc1ccc(OC)cc1)C(C)=O. The van der Waals surface area contributed by atoms with Crippen LogP contribution in [0.3, 0.4) is 0 Å². The first kappa shape index (κ1) is 24.3. The van der Waals surface area contributed by atoms with E-state index in [1.807, 2.05) is 53.6 Å². The monoisotopic (exact) mass is 451 g/mol. The predicted octanol–water partition coefficient (Wildman–Crippen LogP) is 3.63. The number of H-pyrrole nitrogens is 1. The van der Waals surface area contributed by atoms with E-state index in [0.29, 0.717) is 32.7 Å². The number of amides is 2. The van der Waals surface area contributed by atoms with Gasteiger partial charge >= 0.3 is 0 Å². The van der Waals surface area contributed by atoms with E-state index in [-0.39, 0.29) is 18.4 Å². The second-order valence-corrected chi connectivity index (χ2v) is 8.06. The van der Waals surface area contributed by atoms with Crippen molar-refractivity contribution in [2.75, 3.05) is 40.5 Å². The summed E-state index contributed by atoms with van der Waals surface area (Å²) in [6.07, 6.45) is 3.42. The molecule has 2 aromatic carbocycles. The van der Waals surface area contributed by atoms with Crippen LogP contribution in [0.1, 0.15) is 24.5 Å². The quantitative estimate of drug-likeness (QED) is 0.427. The first-order chi connectivity index (χ1) is 16.0. The largest absolute Gasteiger partial charge is 0.497 e. The van der Waals surface area contributed by atoms with E-state index in [1.165, 1.54) is 17.9 Å². The van der Waals surface area contributed by atoms with Crippen LogP contribution in [0, 0.1) is 0 Å². The molecule has 0 aliphatic rings. The van der Waals surface area contributed by atoms with Crippen LogP contribution in [0.2, 0.25) is 0 Å². The normalized spacial score (nSPS) is 10.9. The zero-order valence-corrected chi connectivity index (χ0v) is 19.7. The fraction of sp³-hybridized carbons (Fsp3) is 0.385. The third-order valence-corrected chi connectivity index (χ3v) is 5.76. The Morgan fingerprint density at radius 2 is 1.73 bits per heavy atom. The summed E-state index contributed by atoms with van der Waals surface area (Å²) in [5.74, 6) is 0.593. The van der Waals surface area contributed by atoms with E-state index in [9.17, 15) is 9.59 Å². The Labute approximate surface area is 195 Å². The number of aromatic nitrogens is 1. The number of nitrogens with one attached hydrogen (secondary N) is 1. The van der Waals surface area contributed by atoms with Gasteiger partial charge in [-0.2, -0.15) is 0 Å². The molecule has 2 amide bonds.